The fraction of sp³-hybridized carbons (Fsp3) is 0.154. The Labute approximate surface area is 119 Å². The molecule has 2 heterocycles. The van der Waals surface area contributed by atoms with Gasteiger partial charge in [-0.25, -0.2) is 4.98 Å². The van der Waals surface area contributed by atoms with Crippen molar-refractivity contribution in [3.63, 3.8) is 0 Å². The van der Waals surface area contributed by atoms with E-state index in [2.05, 4.69) is 15.1 Å². The molecule has 3 rings (SSSR count). The standard InChI is InChI=1S/C13H12N6O2/c14-7-5-12-16-13-15-8-6-10(18(13)17-12)9-3-1-2-4-11(9)19(20)21/h1-4,6,8H,5,7,14H2. The number of nitrogens with zero attached hydrogens (tertiary/aromatic N) is 5. The Balaban J connectivity index is 2.23. The summed E-state index contributed by atoms with van der Waals surface area (Å²) in [6.07, 6.45) is 2.09. The van der Waals surface area contributed by atoms with Crippen LogP contribution >= 0.6 is 0 Å². The highest BCUT2D eigenvalue weighted by Gasteiger charge is 2.18. The Morgan fingerprint density at radius 3 is 2.86 bits per heavy atom. The van der Waals surface area contributed by atoms with Crippen LogP contribution in [0.1, 0.15) is 5.82 Å². The Bertz CT molecular complexity index is 813. The van der Waals surface area contributed by atoms with E-state index in [9.17, 15) is 10.1 Å². The fourth-order valence-electron chi connectivity index (χ4n) is 2.12. The first-order valence-electron chi connectivity index (χ1n) is 6.35. The topological polar surface area (TPSA) is 112 Å². The zero-order chi connectivity index (χ0) is 14.8. The number of nitro groups is 1. The Morgan fingerprint density at radius 1 is 1.29 bits per heavy atom. The van der Waals surface area contributed by atoms with Crippen LogP contribution in [0.4, 0.5) is 5.69 Å². The lowest BCUT2D eigenvalue weighted by Crippen LogP contribution is -2.04. The summed E-state index contributed by atoms with van der Waals surface area (Å²) in [6.45, 7) is 0.428. The van der Waals surface area contributed by atoms with Gasteiger partial charge in [0.15, 0.2) is 5.82 Å². The van der Waals surface area contributed by atoms with E-state index < -0.39 is 4.92 Å². The third kappa shape index (κ3) is 2.32. The molecular weight excluding hydrogens is 272 g/mol. The predicted molar refractivity (Wildman–Crippen MR) is 75.6 cm³/mol. The molecule has 0 saturated carbocycles. The fourth-order valence-corrected chi connectivity index (χ4v) is 2.12. The van der Waals surface area contributed by atoms with Crippen LogP contribution in [0.2, 0.25) is 0 Å². The summed E-state index contributed by atoms with van der Waals surface area (Å²) < 4.78 is 1.51. The molecule has 0 fully saturated rings. The third-order valence-corrected chi connectivity index (χ3v) is 3.03. The second-order valence-corrected chi connectivity index (χ2v) is 4.38. The van der Waals surface area contributed by atoms with Gasteiger partial charge in [-0.05, 0) is 18.7 Å². The highest BCUT2D eigenvalue weighted by Crippen LogP contribution is 2.28. The number of para-hydroxylation sites is 1. The molecule has 0 aliphatic rings. The number of aromatic nitrogens is 4. The van der Waals surface area contributed by atoms with Gasteiger partial charge in [0.1, 0.15) is 0 Å². The highest BCUT2D eigenvalue weighted by molar-refractivity contribution is 5.71. The highest BCUT2D eigenvalue weighted by atomic mass is 16.6. The summed E-state index contributed by atoms with van der Waals surface area (Å²) >= 11 is 0. The van der Waals surface area contributed by atoms with Gasteiger partial charge in [0.25, 0.3) is 11.5 Å². The Morgan fingerprint density at radius 2 is 2.10 bits per heavy atom. The molecule has 0 bridgehead atoms. The smallest absolute Gasteiger partial charge is 0.278 e. The molecule has 0 amide bonds. The second kappa shape index (κ2) is 5.25. The molecule has 2 N–H and O–H groups in total. The van der Waals surface area contributed by atoms with Crippen LogP contribution in [0.25, 0.3) is 17.0 Å². The van der Waals surface area contributed by atoms with Crippen LogP contribution in [0.15, 0.2) is 36.5 Å². The molecule has 21 heavy (non-hydrogen) atoms. The lowest BCUT2D eigenvalue weighted by Gasteiger charge is -2.04. The molecule has 2 aromatic heterocycles. The van der Waals surface area contributed by atoms with Gasteiger partial charge in [-0.3, -0.25) is 10.1 Å². The molecule has 0 spiro atoms. The maximum atomic E-state index is 11.2. The van der Waals surface area contributed by atoms with Crippen molar-refractivity contribution >= 4 is 11.5 Å². The lowest BCUT2D eigenvalue weighted by molar-refractivity contribution is -0.384. The summed E-state index contributed by atoms with van der Waals surface area (Å²) in [5.74, 6) is 0.963. The molecule has 106 valence electrons. The van der Waals surface area contributed by atoms with E-state index in [0.717, 1.165) is 0 Å². The van der Waals surface area contributed by atoms with Crippen LogP contribution in [-0.4, -0.2) is 31.1 Å². The quantitative estimate of drug-likeness (QED) is 0.569. The van der Waals surface area contributed by atoms with E-state index in [0.29, 0.717) is 35.8 Å². The van der Waals surface area contributed by atoms with Crippen molar-refractivity contribution in [1.82, 2.24) is 19.6 Å². The normalized spacial score (nSPS) is 10.9. The van der Waals surface area contributed by atoms with Crippen molar-refractivity contribution < 1.29 is 4.92 Å². The molecule has 0 saturated heterocycles. The zero-order valence-corrected chi connectivity index (χ0v) is 11.0. The van der Waals surface area contributed by atoms with E-state index in [-0.39, 0.29) is 5.69 Å². The predicted octanol–water partition coefficient (Wildman–Crippen LogP) is 1.20. The van der Waals surface area contributed by atoms with Crippen molar-refractivity contribution in [1.29, 1.82) is 0 Å². The van der Waals surface area contributed by atoms with Gasteiger partial charge in [0.2, 0.25) is 0 Å². The molecule has 0 unspecified atom stereocenters. The summed E-state index contributed by atoms with van der Waals surface area (Å²) in [5.41, 5.74) is 6.55. The minimum Gasteiger partial charge on any atom is -0.330 e. The van der Waals surface area contributed by atoms with E-state index in [1.54, 1.807) is 30.5 Å². The van der Waals surface area contributed by atoms with Gasteiger partial charge < -0.3 is 5.73 Å². The van der Waals surface area contributed by atoms with E-state index in [1.165, 1.54) is 10.6 Å². The first-order chi connectivity index (χ1) is 10.2. The van der Waals surface area contributed by atoms with Crippen molar-refractivity contribution in [3.8, 4) is 11.3 Å². The van der Waals surface area contributed by atoms with E-state index in [1.807, 2.05) is 0 Å². The maximum absolute atomic E-state index is 11.2. The number of fused-ring (bicyclic) bond motifs is 1. The summed E-state index contributed by atoms with van der Waals surface area (Å²) in [6, 6.07) is 8.18. The van der Waals surface area contributed by atoms with Crippen LogP contribution in [0, 0.1) is 10.1 Å². The molecule has 3 aromatic rings. The second-order valence-electron chi connectivity index (χ2n) is 4.38. The number of hydrogen-bond donors (Lipinski definition) is 1. The number of hydrogen-bond acceptors (Lipinski definition) is 6. The minimum absolute atomic E-state index is 0.0147. The van der Waals surface area contributed by atoms with Gasteiger partial charge in [0, 0.05) is 18.7 Å². The van der Waals surface area contributed by atoms with Crippen LogP contribution in [0.5, 0.6) is 0 Å². The van der Waals surface area contributed by atoms with Crippen molar-refractivity contribution in [3.05, 3.63) is 52.5 Å². The molecule has 0 aliphatic heterocycles. The van der Waals surface area contributed by atoms with E-state index >= 15 is 0 Å². The minimum atomic E-state index is -0.417. The van der Waals surface area contributed by atoms with Crippen LogP contribution < -0.4 is 5.73 Å². The first kappa shape index (κ1) is 13.1. The number of nitrogens with two attached hydrogens (primary N) is 1. The molecule has 8 nitrogen and oxygen atoms in total. The van der Waals surface area contributed by atoms with Crippen LogP contribution in [-0.2, 0) is 6.42 Å². The average molecular weight is 284 g/mol. The van der Waals surface area contributed by atoms with Gasteiger partial charge in [-0.2, -0.15) is 9.50 Å². The maximum Gasteiger partial charge on any atom is 0.278 e. The van der Waals surface area contributed by atoms with E-state index in [4.69, 9.17) is 5.73 Å². The SMILES string of the molecule is NCCc1nc2nccc(-c3ccccc3[N+](=O)[O-])n2n1. The largest absolute Gasteiger partial charge is 0.330 e. The molecule has 0 aliphatic carbocycles. The zero-order valence-electron chi connectivity index (χ0n) is 11.0. The monoisotopic (exact) mass is 284 g/mol. The van der Waals surface area contributed by atoms with Crippen LogP contribution in [0.3, 0.4) is 0 Å². The number of rotatable bonds is 4. The molecule has 0 radical (unpaired) electrons. The molecule has 8 heteroatoms. The molecule has 0 atom stereocenters. The third-order valence-electron chi connectivity index (χ3n) is 3.03. The lowest BCUT2D eigenvalue weighted by atomic mass is 10.1. The Kier molecular flexibility index (Phi) is 3.28. The molecular formula is C13H12N6O2. The summed E-state index contributed by atoms with van der Waals surface area (Å²) in [7, 11) is 0. The first-order valence-corrected chi connectivity index (χ1v) is 6.35. The Hall–Kier alpha value is -2.87. The number of nitro benzene ring substituents is 1. The summed E-state index contributed by atoms with van der Waals surface area (Å²) in [5, 5.41) is 15.5. The van der Waals surface area contributed by atoms with Gasteiger partial charge >= 0.3 is 0 Å². The van der Waals surface area contributed by atoms with Gasteiger partial charge in [0.05, 0.1) is 16.2 Å². The van der Waals surface area contributed by atoms with Gasteiger partial charge in [-0.15, -0.1) is 5.10 Å². The van der Waals surface area contributed by atoms with Crippen molar-refractivity contribution in [2.45, 2.75) is 6.42 Å². The number of benzene rings is 1. The van der Waals surface area contributed by atoms with Crippen molar-refractivity contribution in [2.24, 2.45) is 5.73 Å². The van der Waals surface area contributed by atoms with Crippen molar-refractivity contribution in [2.75, 3.05) is 6.54 Å². The average Bonchev–Trinajstić information content (AvgIpc) is 2.90. The molecule has 1 aromatic carbocycles. The van der Waals surface area contributed by atoms with Gasteiger partial charge in [-0.1, -0.05) is 12.1 Å². The summed E-state index contributed by atoms with van der Waals surface area (Å²) in [4.78, 5) is 19.1.